The molecular weight excluding hydrogens is 288 g/mol. The van der Waals surface area contributed by atoms with Crippen molar-refractivity contribution in [2.45, 2.75) is 91.1 Å². The van der Waals surface area contributed by atoms with Gasteiger partial charge >= 0.3 is 8.56 Å². The topological polar surface area (TPSA) is 18.5 Å². The molecule has 0 bridgehead atoms. The Bertz CT molecular complexity index is 339. The molecule has 0 heterocycles. The SMILES string of the molecule is CCO[Si](OCC)(C1CC(C)CC(C)C1)C1CCCC1(C)C. The Morgan fingerprint density at radius 3 is 1.91 bits per heavy atom. The average Bonchev–Trinajstić information content (AvgIpc) is 2.77. The van der Waals surface area contributed by atoms with E-state index in [0.29, 0.717) is 16.5 Å². The standard InChI is InChI=1S/C19H38O2Si/c1-7-20-22(21-8-2,18-10-9-11-19(18,5)6)17-13-15(3)12-16(4)14-17/h15-18H,7-14H2,1-6H3. The highest BCUT2D eigenvalue weighted by atomic mass is 28.4. The normalized spacial score (nSPS) is 35.7. The first-order valence-corrected chi connectivity index (χ1v) is 11.6. The van der Waals surface area contributed by atoms with Crippen LogP contribution >= 0.6 is 0 Å². The Morgan fingerprint density at radius 2 is 1.50 bits per heavy atom. The Morgan fingerprint density at radius 1 is 0.955 bits per heavy atom. The summed E-state index contributed by atoms with van der Waals surface area (Å²) in [7, 11) is -2.18. The molecule has 3 unspecified atom stereocenters. The van der Waals surface area contributed by atoms with Crippen LogP contribution in [-0.2, 0) is 8.85 Å². The van der Waals surface area contributed by atoms with Crippen molar-refractivity contribution in [2.75, 3.05) is 13.2 Å². The summed E-state index contributed by atoms with van der Waals surface area (Å²) in [5.74, 6) is 1.65. The van der Waals surface area contributed by atoms with Crippen LogP contribution in [-0.4, -0.2) is 21.8 Å². The molecule has 0 aromatic carbocycles. The van der Waals surface area contributed by atoms with E-state index in [4.69, 9.17) is 8.85 Å². The second kappa shape index (κ2) is 7.35. The van der Waals surface area contributed by atoms with Gasteiger partial charge in [0.05, 0.1) is 0 Å². The predicted molar refractivity (Wildman–Crippen MR) is 96.3 cm³/mol. The monoisotopic (exact) mass is 326 g/mol. The quantitative estimate of drug-likeness (QED) is 0.565. The third-order valence-electron chi connectivity index (χ3n) is 6.23. The largest absolute Gasteiger partial charge is 0.394 e. The molecule has 2 aliphatic rings. The van der Waals surface area contributed by atoms with E-state index in [0.717, 1.165) is 25.0 Å². The smallest absolute Gasteiger partial charge is 0.345 e. The van der Waals surface area contributed by atoms with Crippen molar-refractivity contribution < 1.29 is 8.85 Å². The van der Waals surface area contributed by atoms with Gasteiger partial charge in [-0.05, 0) is 63.2 Å². The Hall–Kier alpha value is 0.137. The lowest BCUT2D eigenvalue weighted by Crippen LogP contribution is -2.55. The van der Waals surface area contributed by atoms with Crippen LogP contribution in [0.4, 0.5) is 0 Å². The molecule has 0 aromatic heterocycles. The van der Waals surface area contributed by atoms with Crippen molar-refractivity contribution in [1.82, 2.24) is 0 Å². The highest BCUT2D eigenvalue weighted by molar-refractivity contribution is 6.70. The minimum absolute atomic E-state index is 0.389. The fourth-order valence-electron chi connectivity index (χ4n) is 5.56. The lowest BCUT2D eigenvalue weighted by molar-refractivity contribution is 0.125. The van der Waals surface area contributed by atoms with E-state index in [1.165, 1.54) is 38.5 Å². The van der Waals surface area contributed by atoms with Crippen molar-refractivity contribution in [3.05, 3.63) is 0 Å². The molecule has 2 nitrogen and oxygen atoms in total. The minimum atomic E-state index is -2.18. The van der Waals surface area contributed by atoms with E-state index >= 15 is 0 Å². The van der Waals surface area contributed by atoms with Gasteiger partial charge in [0.1, 0.15) is 0 Å². The lowest BCUT2D eigenvalue weighted by Gasteiger charge is -2.48. The number of hydrogen-bond acceptors (Lipinski definition) is 2. The Balaban J connectivity index is 2.35. The van der Waals surface area contributed by atoms with E-state index < -0.39 is 8.56 Å². The summed E-state index contributed by atoms with van der Waals surface area (Å²) in [6.07, 6.45) is 8.03. The first kappa shape index (κ1) is 18.5. The Kier molecular flexibility index (Phi) is 6.18. The number of hydrogen-bond donors (Lipinski definition) is 0. The van der Waals surface area contributed by atoms with E-state index in [2.05, 4.69) is 41.5 Å². The van der Waals surface area contributed by atoms with E-state index in [1.54, 1.807) is 0 Å². The molecule has 0 radical (unpaired) electrons. The summed E-state index contributed by atoms with van der Waals surface area (Å²) in [5, 5.41) is 0. The van der Waals surface area contributed by atoms with Gasteiger partial charge in [-0.15, -0.1) is 0 Å². The summed E-state index contributed by atoms with van der Waals surface area (Å²) < 4.78 is 13.3. The molecule has 2 fully saturated rings. The van der Waals surface area contributed by atoms with Crippen molar-refractivity contribution in [3.63, 3.8) is 0 Å². The van der Waals surface area contributed by atoms with E-state index in [1.807, 2.05) is 0 Å². The average molecular weight is 327 g/mol. The molecule has 2 rings (SSSR count). The molecular formula is C19H38O2Si. The summed E-state index contributed by atoms with van der Waals surface area (Å²) in [5.41, 5.74) is 1.75. The van der Waals surface area contributed by atoms with Gasteiger partial charge < -0.3 is 8.85 Å². The van der Waals surface area contributed by atoms with Gasteiger partial charge in [-0.3, -0.25) is 0 Å². The summed E-state index contributed by atoms with van der Waals surface area (Å²) in [4.78, 5) is 0. The van der Waals surface area contributed by atoms with Crippen LogP contribution in [0.1, 0.15) is 80.1 Å². The van der Waals surface area contributed by atoms with Gasteiger partial charge in [0, 0.05) is 24.3 Å². The van der Waals surface area contributed by atoms with E-state index in [-0.39, 0.29) is 0 Å². The predicted octanol–water partition coefficient (Wildman–Crippen LogP) is 5.91. The second-order valence-electron chi connectivity index (χ2n) is 8.64. The van der Waals surface area contributed by atoms with Crippen LogP contribution in [0.15, 0.2) is 0 Å². The van der Waals surface area contributed by atoms with Gasteiger partial charge in [-0.2, -0.15) is 0 Å². The Labute approximate surface area is 139 Å². The molecule has 0 aromatic rings. The maximum absolute atomic E-state index is 6.64. The maximum atomic E-state index is 6.64. The molecule has 0 spiro atoms. The highest BCUT2D eigenvalue weighted by Crippen LogP contribution is 2.58. The highest BCUT2D eigenvalue weighted by Gasteiger charge is 2.59. The lowest BCUT2D eigenvalue weighted by atomic mass is 9.83. The van der Waals surface area contributed by atoms with Gasteiger partial charge in [-0.25, -0.2) is 0 Å². The van der Waals surface area contributed by atoms with Crippen molar-refractivity contribution in [3.8, 4) is 0 Å². The fourth-order valence-corrected chi connectivity index (χ4v) is 11.3. The molecule has 0 N–H and O–H groups in total. The first-order chi connectivity index (χ1) is 10.4. The van der Waals surface area contributed by atoms with Gasteiger partial charge in [0.2, 0.25) is 0 Å². The molecule has 3 atom stereocenters. The minimum Gasteiger partial charge on any atom is -0.394 e. The molecule has 2 saturated carbocycles. The van der Waals surface area contributed by atoms with Gasteiger partial charge in [0.15, 0.2) is 0 Å². The third kappa shape index (κ3) is 3.62. The van der Waals surface area contributed by atoms with Crippen molar-refractivity contribution in [1.29, 1.82) is 0 Å². The third-order valence-corrected chi connectivity index (χ3v) is 11.4. The zero-order valence-electron chi connectivity index (χ0n) is 15.8. The van der Waals surface area contributed by atoms with Crippen LogP contribution in [0.5, 0.6) is 0 Å². The molecule has 130 valence electrons. The van der Waals surface area contributed by atoms with Crippen LogP contribution < -0.4 is 0 Å². The van der Waals surface area contributed by atoms with Gasteiger partial charge in [0.25, 0.3) is 0 Å². The van der Waals surface area contributed by atoms with Crippen molar-refractivity contribution in [2.24, 2.45) is 17.3 Å². The van der Waals surface area contributed by atoms with Gasteiger partial charge in [-0.1, -0.05) is 34.1 Å². The fraction of sp³-hybridized carbons (Fsp3) is 1.00. The van der Waals surface area contributed by atoms with Crippen molar-refractivity contribution >= 4 is 8.56 Å². The molecule has 0 aliphatic heterocycles. The van der Waals surface area contributed by atoms with E-state index in [9.17, 15) is 0 Å². The maximum Gasteiger partial charge on any atom is 0.345 e. The summed E-state index contributed by atoms with van der Waals surface area (Å²) >= 11 is 0. The molecule has 3 heteroatoms. The molecule has 2 aliphatic carbocycles. The zero-order chi connectivity index (χ0) is 16.4. The number of rotatable bonds is 6. The zero-order valence-corrected chi connectivity index (χ0v) is 16.8. The molecule has 22 heavy (non-hydrogen) atoms. The van der Waals surface area contributed by atoms with Crippen LogP contribution in [0.3, 0.4) is 0 Å². The second-order valence-corrected chi connectivity index (χ2v) is 12.2. The summed E-state index contributed by atoms with van der Waals surface area (Å²) in [6.45, 7) is 15.7. The van der Waals surface area contributed by atoms with Crippen LogP contribution in [0, 0.1) is 17.3 Å². The van der Waals surface area contributed by atoms with Crippen LogP contribution in [0.2, 0.25) is 11.1 Å². The molecule has 0 saturated heterocycles. The first-order valence-electron chi connectivity index (χ1n) is 9.63. The summed E-state index contributed by atoms with van der Waals surface area (Å²) in [6, 6.07) is 0. The van der Waals surface area contributed by atoms with Crippen LogP contribution in [0.25, 0.3) is 0 Å². The molecule has 0 amide bonds.